The average molecular weight is 448 g/mol. The summed E-state index contributed by atoms with van der Waals surface area (Å²) in [5.74, 6) is 0.504. The summed E-state index contributed by atoms with van der Waals surface area (Å²) < 4.78 is 11.7. The molecule has 4 nitrogen and oxygen atoms in total. The minimum Gasteiger partial charge on any atom is -0.476 e. The number of ether oxygens (including phenoxy) is 2. The highest BCUT2D eigenvalue weighted by atomic mass is 16.5. The maximum absolute atomic E-state index is 13.3. The zero-order valence-corrected chi connectivity index (χ0v) is 20.4. The summed E-state index contributed by atoms with van der Waals surface area (Å²) in [6.07, 6.45) is 4.70. The van der Waals surface area contributed by atoms with E-state index < -0.39 is 0 Å². The molecule has 0 aliphatic rings. The molecule has 2 aromatic carbocycles. The third-order valence-electron chi connectivity index (χ3n) is 6.01. The van der Waals surface area contributed by atoms with Crippen molar-refractivity contribution in [1.82, 2.24) is 4.98 Å². The number of aryl methyl sites for hydroxylation is 4. The molecule has 3 rings (SSSR count). The lowest BCUT2D eigenvalue weighted by atomic mass is 9.95. The van der Waals surface area contributed by atoms with Crippen molar-refractivity contribution >= 4 is 0 Å². The van der Waals surface area contributed by atoms with Crippen LogP contribution in [-0.2, 0) is 24.0 Å². The van der Waals surface area contributed by atoms with Crippen molar-refractivity contribution in [2.45, 2.75) is 65.9 Å². The van der Waals surface area contributed by atoms with E-state index in [4.69, 9.17) is 9.47 Å². The summed E-state index contributed by atoms with van der Waals surface area (Å²) in [5, 5.41) is 0. The van der Waals surface area contributed by atoms with Crippen molar-refractivity contribution in [1.29, 1.82) is 0 Å². The Morgan fingerprint density at radius 3 is 2.24 bits per heavy atom. The molecule has 0 bridgehead atoms. The van der Waals surface area contributed by atoms with Gasteiger partial charge >= 0.3 is 0 Å². The van der Waals surface area contributed by atoms with Crippen LogP contribution in [0.5, 0.6) is 5.88 Å². The highest BCUT2D eigenvalue weighted by Gasteiger charge is 2.16. The number of nitrogens with one attached hydrogen (secondary N) is 1. The molecule has 33 heavy (non-hydrogen) atoms. The Hall–Kier alpha value is -2.85. The van der Waals surface area contributed by atoms with E-state index in [1.165, 1.54) is 11.1 Å². The summed E-state index contributed by atoms with van der Waals surface area (Å²) >= 11 is 0. The smallest absolute Gasteiger partial charge is 0.194 e. The van der Waals surface area contributed by atoms with Crippen LogP contribution >= 0.6 is 0 Å². The fraction of sp³-hybridized carbons (Fsp3) is 0.414. The van der Waals surface area contributed by atoms with E-state index in [2.05, 4.69) is 43.1 Å². The summed E-state index contributed by atoms with van der Waals surface area (Å²) in [6.45, 7) is 9.36. The molecule has 1 unspecified atom stereocenters. The van der Waals surface area contributed by atoms with Crippen molar-refractivity contribution in [2.75, 3.05) is 13.2 Å². The summed E-state index contributed by atoms with van der Waals surface area (Å²) in [4.78, 5) is 16.7. The number of benzene rings is 2. The van der Waals surface area contributed by atoms with Gasteiger partial charge in [0.05, 0.1) is 6.10 Å². The molecule has 1 heterocycles. The summed E-state index contributed by atoms with van der Waals surface area (Å²) in [6, 6.07) is 18.4. The third kappa shape index (κ3) is 6.82. The molecule has 0 radical (unpaired) electrons. The first-order valence-electron chi connectivity index (χ1n) is 12.2. The zero-order valence-electron chi connectivity index (χ0n) is 20.4. The average Bonchev–Trinajstić information content (AvgIpc) is 2.82. The molecule has 3 aromatic rings. The van der Waals surface area contributed by atoms with Gasteiger partial charge in [0.2, 0.25) is 0 Å². The molecular formula is C29H37NO3. The number of aromatic nitrogens is 1. The molecule has 1 N–H and O–H groups in total. The van der Waals surface area contributed by atoms with Gasteiger partial charge in [0.25, 0.3) is 0 Å². The Morgan fingerprint density at radius 1 is 0.909 bits per heavy atom. The van der Waals surface area contributed by atoms with Crippen LogP contribution in [0.3, 0.4) is 0 Å². The number of hydrogen-bond acceptors (Lipinski definition) is 3. The van der Waals surface area contributed by atoms with Crippen molar-refractivity contribution in [3.8, 4) is 17.0 Å². The summed E-state index contributed by atoms with van der Waals surface area (Å²) in [5.41, 5.74) is 6.32. The topological polar surface area (TPSA) is 51.3 Å². The highest BCUT2D eigenvalue weighted by molar-refractivity contribution is 5.69. The Kier molecular flexibility index (Phi) is 9.32. The Bertz CT molecular complexity index is 1070. The largest absolute Gasteiger partial charge is 0.476 e. The van der Waals surface area contributed by atoms with Gasteiger partial charge in [-0.25, -0.2) is 0 Å². The lowest BCUT2D eigenvalue weighted by Gasteiger charge is -2.18. The lowest BCUT2D eigenvalue weighted by molar-refractivity contribution is 0.0243. The maximum Gasteiger partial charge on any atom is 0.194 e. The van der Waals surface area contributed by atoms with Gasteiger partial charge in [0.15, 0.2) is 11.3 Å². The first-order chi connectivity index (χ1) is 16.0. The van der Waals surface area contributed by atoms with E-state index in [0.29, 0.717) is 19.1 Å². The fourth-order valence-electron chi connectivity index (χ4n) is 4.13. The number of aromatic amines is 1. The Balaban J connectivity index is 1.89. The van der Waals surface area contributed by atoms with Crippen molar-refractivity contribution in [2.24, 2.45) is 0 Å². The normalized spacial score (nSPS) is 12.0. The fourth-order valence-corrected chi connectivity index (χ4v) is 4.13. The maximum atomic E-state index is 13.3. The number of hydrogen-bond donors (Lipinski definition) is 1. The second kappa shape index (κ2) is 12.4. The lowest BCUT2D eigenvalue weighted by Crippen LogP contribution is -2.22. The van der Waals surface area contributed by atoms with Crippen molar-refractivity contribution < 1.29 is 9.47 Å². The van der Waals surface area contributed by atoms with Crippen LogP contribution in [0.25, 0.3) is 11.1 Å². The standard InChI is InChI=1S/C29H37NO3/c1-5-10-22-13-15-23(16-14-22)17-18-26-29(25-12-9-8-11-21(25)4)27(31)19-28(30-26)33-20-24(6-2)32-7-3/h8-9,11-16,19,24H,5-7,10,17-18,20H2,1-4H3,(H,30,31). The van der Waals surface area contributed by atoms with Crippen LogP contribution in [-0.4, -0.2) is 24.3 Å². The predicted octanol–water partition coefficient (Wildman–Crippen LogP) is 6.28. The molecule has 4 heteroatoms. The van der Waals surface area contributed by atoms with Gasteiger partial charge in [0, 0.05) is 23.9 Å². The first-order valence-corrected chi connectivity index (χ1v) is 12.2. The minimum absolute atomic E-state index is 0.0135. The van der Waals surface area contributed by atoms with Crippen LogP contribution in [0.15, 0.2) is 59.4 Å². The monoisotopic (exact) mass is 447 g/mol. The molecule has 0 saturated carbocycles. The Labute approximate surface area is 198 Å². The van der Waals surface area contributed by atoms with E-state index in [1.807, 2.05) is 38.1 Å². The van der Waals surface area contributed by atoms with Crippen LogP contribution in [0.2, 0.25) is 0 Å². The van der Waals surface area contributed by atoms with E-state index >= 15 is 0 Å². The van der Waals surface area contributed by atoms with Gasteiger partial charge in [-0.15, -0.1) is 0 Å². The van der Waals surface area contributed by atoms with Crippen LogP contribution in [0.4, 0.5) is 0 Å². The van der Waals surface area contributed by atoms with Crippen LogP contribution in [0, 0.1) is 6.92 Å². The molecule has 176 valence electrons. The second-order valence-corrected chi connectivity index (χ2v) is 8.53. The second-order valence-electron chi connectivity index (χ2n) is 8.53. The van der Waals surface area contributed by atoms with E-state index in [9.17, 15) is 4.79 Å². The SMILES string of the molecule is CCCc1ccc(CCc2[nH]c(OCC(CC)OCC)cc(=O)c2-c2ccccc2C)cc1. The molecular weight excluding hydrogens is 410 g/mol. The molecule has 1 aromatic heterocycles. The van der Waals surface area contributed by atoms with Gasteiger partial charge in [-0.3, -0.25) is 4.79 Å². The van der Waals surface area contributed by atoms with Gasteiger partial charge in [0.1, 0.15) is 6.61 Å². The quantitative estimate of drug-likeness (QED) is 0.355. The van der Waals surface area contributed by atoms with Gasteiger partial charge in [-0.2, -0.15) is 0 Å². The molecule has 0 saturated heterocycles. The van der Waals surface area contributed by atoms with Crippen LogP contribution in [0.1, 0.15) is 56.0 Å². The number of pyridine rings is 1. The molecule has 0 spiro atoms. The highest BCUT2D eigenvalue weighted by Crippen LogP contribution is 2.25. The van der Waals surface area contributed by atoms with Gasteiger partial charge in [-0.1, -0.05) is 68.8 Å². The molecule has 1 atom stereocenters. The van der Waals surface area contributed by atoms with Gasteiger partial charge < -0.3 is 14.5 Å². The Morgan fingerprint density at radius 2 is 1.61 bits per heavy atom. The first kappa shape index (κ1) is 24.8. The van der Waals surface area contributed by atoms with Crippen LogP contribution < -0.4 is 10.2 Å². The molecule has 0 aliphatic heterocycles. The van der Waals surface area contributed by atoms with E-state index in [1.54, 1.807) is 6.07 Å². The molecule has 0 aliphatic carbocycles. The van der Waals surface area contributed by atoms with Gasteiger partial charge in [-0.05, 0) is 61.8 Å². The minimum atomic E-state index is -0.0178. The van der Waals surface area contributed by atoms with E-state index in [-0.39, 0.29) is 11.5 Å². The third-order valence-corrected chi connectivity index (χ3v) is 6.01. The summed E-state index contributed by atoms with van der Waals surface area (Å²) in [7, 11) is 0. The number of rotatable bonds is 12. The zero-order chi connectivity index (χ0) is 23.6. The molecule has 0 amide bonds. The van der Waals surface area contributed by atoms with Crippen molar-refractivity contribution in [3.63, 3.8) is 0 Å². The molecule has 0 fully saturated rings. The van der Waals surface area contributed by atoms with E-state index in [0.717, 1.165) is 54.5 Å². The van der Waals surface area contributed by atoms with Crippen molar-refractivity contribution in [3.05, 3.63) is 87.2 Å². The predicted molar refractivity (Wildman–Crippen MR) is 136 cm³/mol. The number of H-pyrrole nitrogens is 1.